The second-order valence-corrected chi connectivity index (χ2v) is 6.85. The van der Waals surface area contributed by atoms with Gasteiger partial charge in [-0.3, -0.25) is 4.79 Å². The molecule has 0 heterocycles. The second kappa shape index (κ2) is 12.0. The maximum atomic E-state index is 11.9. The summed E-state index contributed by atoms with van der Waals surface area (Å²) in [6, 6.07) is 12.8. The number of hydrogen-bond acceptors (Lipinski definition) is 5. The Hall–Kier alpha value is -2.54. The average Bonchev–Trinajstić information content (AvgIpc) is 2.71. The Kier molecular flexibility index (Phi) is 9.34. The summed E-state index contributed by atoms with van der Waals surface area (Å²) in [5.74, 6) is 1.68. The summed E-state index contributed by atoms with van der Waals surface area (Å²) >= 11 is 3.35. The number of carbonyl (C=O) groups excluding carboxylic acids is 1. The molecule has 0 aromatic heterocycles. The van der Waals surface area contributed by atoms with E-state index in [-0.39, 0.29) is 12.5 Å². The van der Waals surface area contributed by atoms with Gasteiger partial charge in [0.05, 0.1) is 19.4 Å². The van der Waals surface area contributed by atoms with E-state index in [1.54, 1.807) is 18.3 Å². The molecule has 0 saturated heterocycles. The number of amides is 1. The van der Waals surface area contributed by atoms with Crippen LogP contribution in [0.15, 0.2) is 52.0 Å². The lowest BCUT2D eigenvalue weighted by Crippen LogP contribution is -2.24. The van der Waals surface area contributed by atoms with Crippen molar-refractivity contribution in [3.8, 4) is 17.2 Å². The first-order valence-electron chi connectivity index (χ1n) is 9.22. The second-order valence-electron chi connectivity index (χ2n) is 5.93. The lowest BCUT2D eigenvalue weighted by molar-refractivity contribution is -0.123. The molecule has 150 valence electrons. The molecule has 0 atom stereocenters. The molecule has 0 saturated carbocycles. The normalized spacial score (nSPS) is 10.7. The maximum Gasteiger partial charge on any atom is 0.277 e. The smallest absolute Gasteiger partial charge is 0.277 e. The Labute approximate surface area is 174 Å². The number of nitrogens with zero attached hydrogens (tertiary/aromatic N) is 1. The maximum absolute atomic E-state index is 11.9. The summed E-state index contributed by atoms with van der Waals surface area (Å²) in [4.78, 5) is 11.9. The van der Waals surface area contributed by atoms with E-state index in [1.165, 1.54) is 0 Å². The van der Waals surface area contributed by atoms with Crippen LogP contribution in [0.25, 0.3) is 0 Å². The van der Waals surface area contributed by atoms with Crippen LogP contribution >= 0.6 is 15.9 Å². The van der Waals surface area contributed by atoms with Crippen molar-refractivity contribution in [2.24, 2.45) is 5.10 Å². The van der Waals surface area contributed by atoms with E-state index in [0.29, 0.717) is 24.7 Å². The largest absolute Gasteiger partial charge is 0.493 e. The molecule has 7 heteroatoms. The van der Waals surface area contributed by atoms with Gasteiger partial charge in [-0.25, -0.2) is 5.43 Å². The molecule has 2 aromatic rings. The molecule has 28 heavy (non-hydrogen) atoms. The Morgan fingerprint density at radius 1 is 1.00 bits per heavy atom. The van der Waals surface area contributed by atoms with Gasteiger partial charge in [-0.05, 0) is 49.2 Å². The molecule has 0 spiro atoms. The molecule has 0 unspecified atom stereocenters. The van der Waals surface area contributed by atoms with Crippen molar-refractivity contribution < 1.29 is 19.0 Å². The molecule has 6 nitrogen and oxygen atoms in total. The monoisotopic (exact) mass is 448 g/mol. The van der Waals surface area contributed by atoms with Crippen molar-refractivity contribution in [3.05, 3.63) is 52.5 Å². The fraction of sp³-hybridized carbons (Fsp3) is 0.333. The van der Waals surface area contributed by atoms with Crippen molar-refractivity contribution in [2.45, 2.75) is 26.7 Å². The van der Waals surface area contributed by atoms with E-state index >= 15 is 0 Å². The molecular formula is C21H25BrN2O4. The van der Waals surface area contributed by atoms with Crippen LogP contribution in [0.3, 0.4) is 0 Å². The molecule has 0 fully saturated rings. The fourth-order valence-electron chi connectivity index (χ4n) is 2.15. The molecule has 1 amide bonds. The van der Waals surface area contributed by atoms with Gasteiger partial charge >= 0.3 is 0 Å². The van der Waals surface area contributed by atoms with Crippen LogP contribution in [0.5, 0.6) is 17.2 Å². The highest BCUT2D eigenvalue weighted by atomic mass is 79.9. The van der Waals surface area contributed by atoms with E-state index in [0.717, 1.165) is 28.6 Å². The lowest BCUT2D eigenvalue weighted by Gasteiger charge is -2.11. The highest BCUT2D eigenvalue weighted by Gasteiger charge is 2.06. The molecule has 2 rings (SSSR count). The minimum atomic E-state index is -0.349. The third kappa shape index (κ3) is 7.60. The summed E-state index contributed by atoms with van der Waals surface area (Å²) in [7, 11) is 0. The summed E-state index contributed by atoms with van der Waals surface area (Å²) in [5.41, 5.74) is 3.21. The number of nitrogens with one attached hydrogen (secondary N) is 1. The van der Waals surface area contributed by atoms with Crippen molar-refractivity contribution in [3.63, 3.8) is 0 Å². The summed E-state index contributed by atoms with van der Waals surface area (Å²) < 4.78 is 17.8. The number of hydrazone groups is 1. The molecular weight excluding hydrogens is 424 g/mol. The van der Waals surface area contributed by atoms with Gasteiger partial charge in [0, 0.05) is 16.1 Å². The van der Waals surface area contributed by atoms with Gasteiger partial charge in [0.15, 0.2) is 6.61 Å². The first-order valence-corrected chi connectivity index (χ1v) is 10.0. The predicted molar refractivity (Wildman–Crippen MR) is 113 cm³/mol. The van der Waals surface area contributed by atoms with Crippen LogP contribution in [0.1, 0.15) is 32.3 Å². The summed E-state index contributed by atoms with van der Waals surface area (Å²) in [5, 5.41) is 4.00. The Morgan fingerprint density at radius 3 is 2.39 bits per heavy atom. The van der Waals surface area contributed by atoms with Gasteiger partial charge in [-0.2, -0.15) is 5.10 Å². The number of hydrogen-bond donors (Lipinski definition) is 1. The van der Waals surface area contributed by atoms with Gasteiger partial charge in [0.2, 0.25) is 0 Å². The van der Waals surface area contributed by atoms with Crippen molar-refractivity contribution in [2.75, 3.05) is 19.8 Å². The van der Waals surface area contributed by atoms with Gasteiger partial charge < -0.3 is 14.2 Å². The predicted octanol–water partition coefficient (Wildman–Crippen LogP) is 4.56. The number of halogens is 1. The first-order chi connectivity index (χ1) is 13.6. The topological polar surface area (TPSA) is 69.2 Å². The summed E-state index contributed by atoms with van der Waals surface area (Å²) in [6.07, 6.45) is 3.37. The minimum Gasteiger partial charge on any atom is -0.493 e. The van der Waals surface area contributed by atoms with Crippen LogP contribution in [0, 0.1) is 0 Å². The molecule has 2 aromatic carbocycles. The SMILES string of the molecule is CCCOc1ccc(/C=N\NC(=O)COc2ccc(Br)cc2)c(OCCC)c1. The van der Waals surface area contributed by atoms with E-state index in [1.807, 2.05) is 37.3 Å². The standard InChI is InChI=1S/C21H25BrN2O4/c1-3-11-26-19-8-5-16(20(13-19)27-12-4-2)14-23-24-21(25)15-28-18-9-6-17(22)7-10-18/h5-10,13-14H,3-4,11-12,15H2,1-2H3,(H,24,25)/b23-14-. The van der Waals surface area contributed by atoms with Gasteiger partial charge in [0.25, 0.3) is 5.91 Å². The zero-order chi connectivity index (χ0) is 20.2. The van der Waals surface area contributed by atoms with Crippen LogP contribution < -0.4 is 19.6 Å². The third-order valence-electron chi connectivity index (χ3n) is 3.50. The van der Waals surface area contributed by atoms with Crippen molar-refractivity contribution in [1.82, 2.24) is 5.43 Å². The van der Waals surface area contributed by atoms with E-state index in [2.05, 4.69) is 33.4 Å². The lowest BCUT2D eigenvalue weighted by atomic mass is 10.2. The van der Waals surface area contributed by atoms with Gasteiger partial charge in [0.1, 0.15) is 17.2 Å². The molecule has 0 bridgehead atoms. The van der Waals surface area contributed by atoms with Crippen molar-refractivity contribution in [1.29, 1.82) is 0 Å². The van der Waals surface area contributed by atoms with Gasteiger partial charge in [-0.15, -0.1) is 0 Å². The van der Waals surface area contributed by atoms with Crippen LogP contribution in [0.2, 0.25) is 0 Å². The highest BCUT2D eigenvalue weighted by molar-refractivity contribution is 9.10. The van der Waals surface area contributed by atoms with Crippen molar-refractivity contribution >= 4 is 28.1 Å². The van der Waals surface area contributed by atoms with Crippen LogP contribution in [0.4, 0.5) is 0 Å². The average molecular weight is 449 g/mol. The molecule has 1 N–H and O–H groups in total. The summed E-state index contributed by atoms with van der Waals surface area (Å²) in [6.45, 7) is 5.21. The zero-order valence-corrected chi connectivity index (χ0v) is 17.7. The zero-order valence-electron chi connectivity index (χ0n) is 16.1. The number of carbonyl (C=O) groups is 1. The quantitative estimate of drug-likeness (QED) is 0.404. The third-order valence-corrected chi connectivity index (χ3v) is 4.02. The first kappa shape index (κ1) is 21.8. The van der Waals surface area contributed by atoms with Crippen LogP contribution in [-0.4, -0.2) is 31.9 Å². The fourth-order valence-corrected chi connectivity index (χ4v) is 2.42. The van der Waals surface area contributed by atoms with E-state index < -0.39 is 0 Å². The minimum absolute atomic E-state index is 0.123. The van der Waals surface area contributed by atoms with Gasteiger partial charge in [-0.1, -0.05) is 29.8 Å². The molecule has 0 aliphatic heterocycles. The van der Waals surface area contributed by atoms with E-state index in [4.69, 9.17) is 14.2 Å². The highest BCUT2D eigenvalue weighted by Crippen LogP contribution is 2.24. The Bertz CT molecular complexity index is 778. The Morgan fingerprint density at radius 2 is 1.68 bits per heavy atom. The Balaban J connectivity index is 1.91. The number of rotatable bonds is 11. The molecule has 0 radical (unpaired) electrons. The van der Waals surface area contributed by atoms with E-state index in [9.17, 15) is 4.79 Å². The molecule has 0 aliphatic rings. The number of benzene rings is 2. The van der Waals surface area contributed by atoms with Crippen LogP contribution in [-0.2, 0) is 4.79 Å². The number of ether oxygens (including phenoxy) is 3. The molecule has 0 aliphatic carbocycles.